The summed E-state index contributed by atoms with van der Waals surface area (Å²) in [4.78, 5) is 0. The number of benzene rings is 6. The molecule has 1 aliphatic carbocycles. The molecule has 1 aliphatic rings. The van der Waals surface area contributed by atoms with Crippen molar-refractivity contribution >= 4 is 21.5 Å². The van der Waals surface area contributed by atoms with Gasteiger partial charge in [-0.1, -0.05) is 109 Å². The van der Waals surface area contributed by atoms with E-state index in [-0.39, 0.29) is 0 Å². The van der Waals surface area contributed by atoms with E-state index in [2.05, 4.69) is 124 Å². The fourth-order valence-corrected chi connectivity index (χ4v) is 5.97. The summed E-state index contributed by atoms with van der Waals surface area (Å²) < 4.78 is 0. The lowest BCUT2D eigenvalue weighted by molar-refractivity contribution is 1.36. The van der Waals surface area contributed by atoms with Gasteiger partial charge in [0.1, 0.15) is 0 Å². The van der Waals surface area contributed by atoms with Gasteiger partial charge in [0.05, 0.1) is 0 Å². The van der Waals surface area contributed by atoms with Crippen molar-refractivity contribution in [3.63, 3.8) is 0 Å². The lowest BCUT2D eigenvalue weighted by atomic mass is 9.81. The van der Waals surface area contributed by atoms with Crippen LogP contribution in [0.15, 0.2) is 103 Å². The predicted molar refractivity (Wildman–Crippen MR) is 151 cm³/mol. The van der Waals surface area contributed by atoms with E-state index in [1.807, 2.05) is 0 Å². The molecule has 0 nitrogen and oxygen atoms in total. The molecule has 0 aromatic heterocycles. The first-order valence-electron chi connectivity index (χ1n) is 12.4. The molecule has 166 valence electrons. The summed E-state index contributed by atoms with van der Waals surface area (Å²) >= 11 is 0. The molecule has 6 aromatic carbocycles. The maximum atomic E-state index is 2.41. The Morgan fingerprint density at radius 2 is 0.943 bits per heavy atom. The minimum Gasteiger partial charge on any atom is -0.0622 e. The summed E-state index contributed by atoms with van der Waals surface area (Å²) in [6.07, 6.45) is 0. The maximum Gasteiger partial charge on any atom is -0.000741 e. The van der Waals surface area contributed by atoms with Gasteiger partial charge in [-0.2, -0.15) is 0 Å². The van der Waals surface area contributed by atoms with E-state index in [0.29, 0.717) is 0 Å². The van der Waals surface area contributed by atoms with E-state index in [0.717, 1.165) is 0 Å². The average Bonchev–Trinajstić information content (AvgIpc) is 3.21. The third-order valence-electron chi connectivity index (χ3n) is 7.77. The van der Waals surface area contributed by atoms with E-state index >= 15 is 0 Å². The van der Waals surface area contributed by atoms with Crippen molar-refractivity contribution < 1.29 is 0 Å². The van der Waals surface area contributed by atoms with Crippen molar-refractivity contribution in [2.24, 2.45) is 0 Å². The van der Waals surface area contributed by atoms with Gasteiger partial charge in [-0.3, -0.25) is 0 Å². The summed E-state index contributed by atoms with van der Waals surface area (Å²) in [6, 6.07) is 38.4. The van der Waals surface area contributed by atoms with Crippen LogP contribution >= 0.6 is 0 Å². The molecule has 6 aromatic rings. The van der Waals surface area contributed by atoms with Crippen LogP contribution in [0.25, 0.3) is 66.1 Å². The summed E-state index contributed by atoms with van der Waals surface area (Å²) in [5.41, 5.74) is 14.6. The SMILES string of the molecule is Cc1ccc(-c2c3c(c(-c4ccccc4)c4cc(C)c(C)cc24)-c2cccc4cccc-3c24)cc1. The topological polar surface area (TPSA) is 0 Å². The van der Waals surface area contributed by atoms with Crippen LogP contribution < -0.4 is 0 Å². The van der Waals surface area contributed by atoms with Crippen molar-refractivity contribution in [1.29, 1.82) is 0 Å². The van der Waals surface area contributed by atoms with E-state index in [1.165, 1.54) is 82.7 Å². The van der Waals surface area contributed by atoms with Crippen molar-refractivity contribution in [1.82, 2.24) is 0 Å². The van der Waals surface area contributed by atoms with Crippen LogP contribution in [-0.2, 0) is 0 Å². The fourth-order valence-electron chi connectivity index (χ4n) is 5.97. The van der Waals surface area contributed by atoms with Gasteiger partial charge in [0.25, 0.3) is 0 Å². The van der Waals surface area contributed by atoms with Gasteiger partial charge >= 0.3 is 0 Å². The van der Waals surface area contributed by atoms with Gasteiger partial charge in [0.15, 0.2) is 0 Å². The third kappa shape index (κ3) is 2.87. The molecular weight excluding hydrogens is 420 g/mol. The fraction of sp³-hybridized carbons (Fsp3) is 0.0857. The molecule has 7 rings (SSSR count). The molecule has 0 N–H and O–H groups in total. The molecule has 0 saturated heterocycles. The summed E-state index contributed by atoms with van der Waals surface area (Å²) in [5, 5.41) is 5.35. The first kappa shape index (κ1) is 20.2. The second-order valence-electron chi connectivity index (χ2n) is 9.92. The Balaban J connectivity index is 1.78. The number of hydrogen-bond donors (Lipinski definition) is 0. The smallest absolute Gasteiger partial charge is 0.000741 e. The molecule has 0 heteroatoms. The monoisotopic (exact) mass is 446 g/mol. The Bertz CT molecular complexity index is 1780. The lowest BCUT2D eigenvalue weighted by Gasteiger charge is -2.21. The molecule has 35 heavy (non-hydrogen) atoms. The highest BCUT2D eigenvalue weighted by Gasteiger charge is 2.30. The molecule has 0 bridgehead atoms. The van der Waals surface area contributed by atoms with Crippen LogP contribution in [0, 0.1) is 20.8 Å². The zero-order valence-corrected chi connectivity index (χ0v) is 20.3. The van der Waals surface area contributed by atoms with Gasteiger partial charge in [-0.15, -0.1) is 0 Å². The van der Waals surface area contributed by atoms with Gasteiger partial charge < -0.3 is 0 Å². The second-order valence-corrected chi connectivity index (χ2v) is 9.92. The van der Waals surface area contributed by atoms with Crippen molar-refractivity contribution in [3.05, 3.63) is 120 Å². The number of aryl methyl sites for hydroxylation is 3. The lowest BCUT2D eigenvalue weighted by Crippen LogP contribution is -1.95. The normalized spacial score (nSPS) is 11.9. The van der Waals surface area contributed by atoms with Crippen molar-refractivity contribution in [2.45, 2.75) is 20.8 Å². The quantitative estimate of drug-likeness (QED) is 0.248. The van der Waals surface area contributed by atoms with Gasteiger partial charge in [-0.05, 0) is 98.0 Å². The van der Waals surface area contributed by atoms with Crippen molar-refractivity contribution in [2.75, 3.05) is 0 Å². The van der Waals surface area contributed by atoms with E-state index < -0.39 is 0 Å². The number of fused-ring (bicyclic) bond motifs is 4. The van der Waals surface area contributed by atoms with Crippen LogP contribution in [-0.4, -0.2) is 0 Å². The molecule has 0 heterocycles. The molecule has 0 fully saturated rings. The molecule has 0 aliphatic heterocycles. The Labute approximate surface area is 206 Å². The predicted octanol–water partition coefficient (Wildman–Crippen LogP) is 9.90. The van der Waals surface area contributed by atoms with Gasteiger partial charge in [0.2, 0.25) is 0 Å². The first-order valence-corrected chi connectivity index (χ1v) is 12.4. The second kappa shape index (κ2) is 7.42. The van der Waals surface area contributed by atoms with Crippen LogP contribution in [0.5, 0.6) is 0 Å². The summed E-state index contributed by atoms with van der Waals surface area (Å²) in [6.45, 7) is 6.63. The van der Waals surface area contributed by atoms with Crippen LogP contribution in [0.1, 0.15) is 16.7 Å². The molecule has 0 saturated carbocycles. The standard InChI is InChI=1S/C35H26/c1-21-15-17-26(18-16-21)33-30-20-23(3)22(2)19-29(30)32(25-9-5-4-6-10-25)34-27-13-7-11-24-12-8-14-28(31(24)27)35(33)34/h4-20H,1-3H3. The zero-order chi connectivity index (χ0) is 23.7. The first-order chi connectivity index (χ1) is 17.1. The van der Waals surface area contributed by atoms with Gasteiger partial charge in [-0.25, -0.2) is 0 Å². The van der Waals surface area contributed by atoms with E-state index in [4.69, 9.17) is 0 Å². The Morgan fingerprint density at radius 1 is 0.429 bits per heavy atom. The van der Waals surface area contributed by atoms with E-state index in [1.54, 1.807) is 0 Å². The maximum absolute atomic E-state index is 2.41. The minimum absolute atomic E-state index is 1.28. The average molecular weight is 447 g/mol. The molecule has 0 atom stereocenters. The van der Waals surface area contributed by atoms with E-state index in [9.17, 15) is 0 Å². The Kier molecular flexibility index (Phi) is 4.29. The molecule has 0 unspecified atom stereocenters. The Hall–Kier alpha value is -4.16. The highest BCUT2D eigenvalue weighted by atomic mass is 14.3. The molecule has 0 amide bonds. The summed E-state index contributed by atoms with van der Waals surface area (Å²) in [7, 11) is 0. The van der Waals surface area contributed by atoms with Crippen LogP contribution in [0.3, 0.4) is 0 Å². The van der Waals surface area contributed by atoms with Crippen LogP contribution in [0.4, 0.5) is 0 Å². The zero-order valence-electron chi connectivity index (χ0n) is 20.3. The van der Waals surface area contributed by atoms with Crippen LogP contribution in [0.2, 0.25) is 0 Å². The number of rotatable bonds is 2. The minimum atomic E-state index is 1.28. The van der Waals surface area contributed by atoms with Crippen molar-refractivity contribution in [3.8, 4) is 44.5 Å². The third-order valence-corrected chi connectivity index (χ3v) is 7.77. The summed E-state index contributed by atoms with van der Waals surface area (Å²) in [5.74, 6) is 0. The molecular formula is C35H26. The Morgan fingerprint density at radius 3 is 1.49 bits per heavy atom. The highest BCUT2D eigenvalue weighted by Crippen LogP contribution is 2.57. The molecule has 0 radical (unpaired) electrons. The molecule has 0 spiro atoms. The number of hydrogen-bond acceptors (Lipinski definition) is 0. The highest BCUT2D eigenvalue weighted by molar-refractivity contribution is 6.27. The largest absolute Gasteiger partial charge is 0.0622 e. The van der Waals surface area contributed by atoms with Gasteiger partial charge in [0, 0.05) is 0 Å².